The van der Waals surface area contributed by atoms with Crippen LogP contribution in [-0.4, -0.2) is 34.7 Å². The van der Waals surface area contributed by atoms with Gasteiger partial charge in [0, 0.05) is 18.2 Å². The number of ether oxygens (including phenoxy) is 1. The van der Waals surface area contributed by atoms with E-state index in [9.17, 15) is 9.18 Å². The average Bonchev–Trinajstić information content (AvgIpc) is 3.36. The second kappa shape index (κ2) is 10.3. The van der Waals surface area contributed by atoms with Crippen LogP contribution in [0.15, 0.2) is 48.8 Å². The molecular weight excluding hydrogens is 435 g/mol. The molecule has 1 amide bonds. The maximum atomic E-state index is 13.6. The Morgan fingerprint density at radius 3 is 2.62 bits per heavy atom. The van der Waals surface area contributed by atoms with E-state index in [2.05, 4.69) is 20.6 Å². The van der Waals surface area contributed by atoms with Crippen molar-refractivity contribution in [2.75, 3.05) is 18.2 Å². The number of nitrogen functional groups attached to an aromatic ring is 1. The first kappa shape index (κ1) is 23.2. The third-order valence-corrected chi connectivity index (χ3v) is 5.92. The summed E-state index contributed by atoms with van der Waals surface area (Å²) >= 11 is 0. The number of aromatic nitrogens is 2. The van der Waals surface area contributed by atoms with Crippen molar-refractivity contribution in [3.05, 3.63) is 76.9 Å². The molecule has 1 fully saturated rings. The molecule has 1 aliphatic rings. The fourth-order valence-corrected chi connectivity index (χ4v) is 4.09. The van der Waals surface area contributed by atoms with Crippen LogP contribution in [0, 0.1) is 11.2 Å². The zero-order valence-electron chi connectivity index (χ0n) is 18.9. The molecule has 1 aliphatic carbocycles. The van der Waals surface area contributed by atoms with Crippen LogP contribution < -0.4 is 21.1 Å². The smallest absolute Gasteiger partial charge is 0.255 e. The number of amides is 1. The Labute approximate surface area is 197 Å². The third-order valence-electron chi connectivity index (χ3n) is 5.92. The molecule has 1 saturated carbocycles. The number of hydrogen-bond donors (Lipinski definition) is 4. The summed E-state index contributed by atoms with van der Waals surface area (Å²) in [5, 5.41) is 14.9. The van der Waals surface area contributed by atoms with Crippen molar-refractivity contribution >= 4 is 23.3 Å². The van der Waals surface area contributed by atoms with Gasteiger partial charge in [-0.3, -0.25) is 10.2 Å². The molecule has 9 heteroatoms. The first-order valence-corrected chi connectivity index (χ1v) is 11.1. The second-order valence-corrected chi connectivity index (χ2v) is 8.21. The lowest BCUT2D eigenvalue weighted by Crippen LogP contribution is -2.23. The molecule has 0 aliphatic heterocycles. The van der Waals surface area contributed by atoms with Gasteiger partial charge in [0.25, 0.3) is 5.91 Å². The molecule has 5 N–H and O–H groups in total. The average molecular weight is 463 g/mol. The van der Waals surface area contributed by atoms with Gasteiger partial charge in [-0.2, -0.15) is 0 Å². The highest BCUT2D eigenvalue weighted by atomic mass is 19.1. The molecule has 0 saturated heterocycles. The summed E-state index contributed by atoms with van der Waals surface area (Å²) in [6.07, 6.45) is 5.89. The van der Waals surface area contributed by atoms with Gasteiger partial charge in [-0.1, -0.05) is 37.1 Å². The normalized spacial score (nSPS) is 13.5. The molecule has 0 unspecified atom stereocenters. The van der Waals surface area contributed by atoms with E-state index in [1.807, 2.05) is 12.1 Å². The van der Waals surface area contributed by atoms with Gasteiger partial charge in [0.15, 0.2) is 0 Å². The molecule has 34 heavy (non-hydrogen) atoms. The molecule has 2 aromatic carbocycles. The number of hydrogen-bond acceptors (Lipinski definition) is 7. The van der Waals surface area contributed by atoms with E-state index in [-0.39, 0.29) is 23.6 Å². The zero-order chi connectivity index (χ0) is 24.1. The highest BCUT2D eigenvalue weighted by Gasteiger charge is 2.21. The lowest BCUT2D eigenvalue weighted by Gasteiger charge is -2.17. The highest BCUT2D eigenvalue weighted by Crippen LogP contribution is 2.27. The Morgan fingerprint density at radius 2 is 1.91 bits per heavy atom. The molecule has 3 aromatic rings. The van der Waals surface area contributed by atoms with Crippen LogP contribution in [0.5, 0.6) is 5.75 Å². The summed E-state index contributed by atoms with van der Waals surface area (Å²) in [7, 11) is 1.43. The molecule has 0 spiro atoms. The zero-order valence-corrected chi connectivity index (χ0v) is 18.9. The monoisotopic (exact) mass is 462 g/mol. The minimum absolute atomic E-state index is 0.128. The second-order valence-electron chi connectivity index (χ2n) is 8.21. The van der Waals surface area contributed by atoms with Crippen molar-refractivity contribution < 1.29 is 13.9 Å². The number of rotatable bonds is 8. The molecule has 1 aromatic heterocycles. The van der Waals surface area contributed by atoms with Gasteiger partial charge >= 0.3 is 0 Å². The number of halogens is 1. The quantitative estimate of drug-likeness (QED) is 0.376. The Balaban J connectivity index is 1.45. The summed E-state index contributed by atoms with van der Waals surface area (Å²) in [5.41, 5.74) is 8.42. The first-order valence-electron chi connectivity index (χ1n) is 11.1. The fraction of sp³-hybridized carbons (Fsp3) is 0.280. The molecule has 8 nitrogen and oxygen atoms in total. The minimum Gasteiger partial charge on any atom is -0.496 e. The highest BCUT2D eigenvalue weighted by molar-refractivity contribution is 6.16. The maximum absolute atomic E-state index is 13.6. The summed E-state index contributed by atoms with van der Waals surface area (Å²) in [4.78, 5) is 20.9. The van der Waals surface area contributed by atoms with E-state index in [0.717, 1.165) is 24.5 Å². The van der Waals surface area contributed by atoms with Crippen molar-refractivity contribution in [2.24, 2.45) is 0 Å². The molecular formula is C25H27FN6O2. The Bertz CT molecular complexity index is 1190. The van der Waals surface area contributed by atoms with E-state index in [1.54, 1.807) is 12.1 Å². The molecule has 1 heterocycles. The van der Waals surface area contributed by atoms with E-state index in [1.165, 1.54) is 38.4 Å². The van der Waals surface area contributed by atoms with Crippen LogP contribution in [0.1, 0.15) is 52.7 Å². The van der Waals surface area contributed by atoms with Gasteiger partial charge in [-0.15, -0.1) is 0 Å². The standard InChI is InChI=1S/C25H27FN6O2/c1-34-20-11-10-17(26)12-19(20)25(33)29-13-15-6-8-16(9-7-15)22(27)21-23(28)30-14-31-24(21)32-18-4-2-3-5-18/h6-12,14,18,27H,2-5,13H2,1H3,(H,29,33)(H3,28,30,31,32). The van der Waals surface area contributed by atoms with Crippen LogP contribution in [0.3, 0.4) is 0 Å². The summed E-state index contributed by atoms with van der Waals surface area (Å²) in [6.45, 7) is 0.233. The maximum Gasteiger partial charge on any atom is 0.255 e. The number of nitrogens with one attached hydrogen (secondary N) is 3. The Morgan fingerprint density at radius 1 is 1.18 bits per heavy atom. The van der Waals surface area contributed by atoms with Gasteiger partial charge in [-0.25, -0.2) is 14.4 Å². The van der Waals surface area contributed by atoms with E-state index in [4.69, 9.17) is 15.9 Å². The van der Waals surface area contributed by atoms with Gasteiger partial charge in [-0.05, 0) is 36.6 Å². The number of carbonyl (C=O) groups is 1. The lowest BCUT2D eigenvalue weighted by molar-refractivity contribution is 0.0947. The minimum atomic E-state index is -0.514. The summed E-state index contributed by atoms with van der Waals surface area (Å²) in [6, 6.07) is 11.3. The molecule has 4 rings (SSSR count). The van der Waals surface area contributed by atoms with Crippen molar-refractivity contribution in [1.29, 1.82) is 5.41 Å². The lowest BCUT2D eigenvalue weighted by atomic mass is 10.0. The van der Waals surface area contributed by atoms with E-state index >= 15 is 0 Å². The topological polar surface area (TPSA) is 126 Å². The number of nitrogens with zero attached hydrogens (tertiary/aromatic N) is 2. The SMILES string of the molecule is COc1ccc(F)cc1C(=O)NCc1ccc(C(=N)c2c(N)ncnc2NC2CCCC2)cc1. The van der Waals surface area contributed by atoms with Crippen LogP contribution in [0.2, 0.25) is 0 Å². The molecule has 176 valence electrons. The van der Waals surface area contributed by atoms with Crippen molar-refractivity contribution in [2.45, 2.75) is 38.3 Å². The van der Waals surface area contributed by atoms with Crippen molar-refractivity contribution in [3.8, 4) is 5.75 Å². The number of anilines is 2. The van der Waals surface area contributed by atoms with Crippen LogP contribution >= 0.6 is 0 Å². The number of nitrogens with two attached hydrogens (primary N) is 1. The molecule has 0 bridgehead atoms. The van der Waals surface area contributed by atoms with E-state index in [0.29, 0.717) is 28.7 Å². The van der Waals surface area contributed by atoms with Crippen LogP contribution in [0.25, 0.3) is 0 Å². The van der Waals surface area contributed by atoms with Crippen molar-refractivity contribution in [1.82, 2.24) is 15.3 Å². The predicted molar refractivity (Wildman–Crippen MR) is 129 cm³/mol. The van der Waals surface area contributed by atoms with Gasteiger partial charge in [0.1, 0.15) is 29.5 Å². The van der Waals surface area contributed by atoms with Gasteiger partial charge in [0.05, 0.1) is 23.9 Å². The number of benzene rings is 2. The Hall–Kier alpha value is -4.01. The van der Waals surface area contributed by atoms with Gasteiger partial charge < -0.3 is 21.1 Å². The number of carbonyl (C=O) groups excluding carboxylic acids is 1. The summed E-state index contributed by atoms with van der Waals surface area (Å²) < 4.78 is 18.7. The largest absolute Gasteiger partial charge is 0.496 e. The van der Waals surface area contributed by atoms with Crippen LogP contribution in [-0.2, 0) is 6.54 Å². The molecule has 0 radical (unpaired) electrons. The first-order chi connectivity index (χ1) is 16.5. The van der Waals surface area contributed by atoms with Gasteiger partial charge in [0.2, 0.25) is 0 Å². The number of methoxy groups -OCH3 is 1. The predicted octanol–water partition coefficient (Wildman–Crippen LogP) is 3.91. The fourth-order valence-electron chi connectivity index (χ4n) is 4.09. The van der Waals surface area contributed by atoms with Crippen LogP contribution in [0.4, 0.5) is 16.0 Å². The van der Waals surface area contributed by atoms with E-state index < -0.39 is 11.7 Å². The Kier molecular flexibility index (Phi) is 7.01. The molecule has 0 atom stereocenters. The summed E-state index contributed by atoms with van der Waals surface area (Å²) in [5.74, 6) is 0.169. The van der Waals surface area contributed by atoms with Crippen molar-refractivity contribution in [3.63, 3.8) is 0 Å². The third kappa shape index (κ3) is 5.14.